The molecule has 0 aliphatic carbocycles. The Bertz CT molecular complexity index is 564. The van der Waals surface area contributed by atoms with Crippen molar-refractivity contribution in [2.45, 2.75) is 26.8 Å². The summed E-state index contributed by atoms with van der Waals surface area (Å²) in [5, 5.41) is 2.96. The first-order valence-corrected chi connectivity index (χ1v) is 6.91. The van der Waals surface area contributed by atoms with Gasteiger partial charge in [0, 0.05) is 25.4 Å². The zero-order valence-corrected chi connectivity index (χ0v) is 12.0. The normalized spacial score (nSPS) is 10.6. The molecule has 1 aromatic carbocycles. The molecule has 20 heavy (non-hydrogen) atoms. The first-order valence-electron chi connectivity index (χ1n) is 6.91. The molecule has 0 aliphatic heterocycles. The van der Waals surface area contributed by atoms with Gasteiger partial charge in [0.15, 0.2) is 0 Å². The average Bonchev–Trinajstić information content (AvgIpc) is 2.46. The molecule has 0 saturated heterocycles. The lowest BCUT2D eigenvalue weighted by molar-refractivity contribution is -0.121. The largest absolute Gasteiger partial charge is 0.352 e. The fraction of sp³-hybridized carbons (Fsp3) is 0.294. The van der Waals surface area contributed by atoms with E-state index >= 15 is 0 Å². The molecule has 104 valence electrons. The van der Waals surface area contributed by atoms with E-state index in [0.717, 1.165) is 16.7 Å². The van der Waals surface area contributed by atoms with E-state index in [1.54, 1.807) is 12.4 Å². The second-order valence-corrected chi connectivity index (χ2v) is 5.31. The van der Waals surface area contributed by atoms with Crippen molar-refractivity contribution < 1.29 is 4.79 Å². The minimum Gasteiger partial charge on any atom is -0.352 e. The summed E-state index contributed by atoms with van der Waals surface area (Å²) in [7, 11) is 0. The van der Waals surface area contributed by atoms with Gasteiger partial charge in [0.1, 0.15) is 0 Å². The first-order chi connectivity index (χ1) is 9.65. The zero-order chi connectivity index (χ0) is 14.4. The number of hydrogen-bond acceptors (Lipinski definition) is 2. The van der Waals surface area contributed by atoms with Crippen LogP contribution in [0.5, 0.6) is 0 Å². The Morgan fingerprint density at radius 3 is 2.60 bits per heavy atom. The highest BCUT2D eigenvalue weighted by Gasteiger charge is 2.05. The number of hydrogen-bond donors (Lipinski definition) is 1. The summed E-state index contributed by atoms with van der Waals surface area (Å²) < 4.78 is 0. The summed E-state index contributed by atoms with van der Waals surface area (Å²) in [6.07, 6.45) is 4.14. The van der Waals surface area contributed by atoms with Gasteiger partial charge in [-0.1, -0.05) is 32.0 Å². The van der Waals surface area contributed by atoms with E-state index in [1.165, 1.54) is 0 Å². The van der Waals surface area contributed by atoms with Crippen LogP contribution >= 0.6 is 0 Å². The van der Waals surface area contributed by atoms with Crippen molar-refractivity contribution in [3.05, 3.63) is 54.4 Å². The zero-order valence-electron chi connectivity index (χ0n) is 12.0. The van der Waals surface area contributed by atoms with E-state index in [-0.39, 0.29) is 5.91 Å². The highest BCUT2D eigenvalue weighted by atomic mass is 16.1. The fourth-order valence-corrected chi connectivity index (χ4v) is 2.05. The van der Waals surface area contributed by atoms with Gasteiger partial charge in [-0.15, -0.1) is 0 Å². The van der Waals surface area contributed by atoms with Crippen LogP contribution in [0.1, 0.15) is 25.8 Å². The second-order valence-electron chi connectivity index (χ2n) is 5.31. The molecule has 0 unspecified atom stereocenters. The Labute approximate surface area is 120 Å². The van der Waals surface area contributed by atoms with Gasteiger partial charge in [0.25, 0.3) is 0 Å². The quantitative estimate of drug-likeness (QED) is 0.903. The Kier molecular flexibility index (Phi) is 4.88. The molecule has 1 amide bonds. The van der Waals surface area contributed by atoms with E-state index < -0.39 is 0 Å². The smallest absolute Gasteiger partial charge is 0.220 e. The molecule has 3 heteroatoms. The van der Waals surface area contributed by atoms with Crippen LogP contribution in [0.3, 0.4) is 0 Å². The predicted molar refractivity (Wildman–Crippen MR) is 81.0 cm³/mol. The minimum atomic E-state index is 0.106. The van der Waals surface area contributed by atoms with Crippen molar-refractivity contribution in [1.82, 2.24) is 10.3 Å². The van der Waals surface area contributed by atoms with Crippen molar-refractivity contribution in [3.63, 3.8) is 0 Å². The summed E-state index contributed by atoms with van der Waals surface area (Å²) in [6, 6.07) is 12.2. The van der Waals surface area contributed by atoms with Crippen molar-refractivity contribution >= 4 is 5.91 Å². The summed E-state index contributed by atoms with van der Waals surface area (Å²) in [6.45, 7) is 4.66. The van der Waals surface area contributed by atoms with Crippen LogP contribution in [0.4, 0.5) is 0 Å². The van der Waals surface area contributed by atoms with Crippen molar-refractivity contribution in [2.75, 3.05) is 0 Å². The van der Waals surface area contributed by atoms with Crippen LogP contribution in [0, 0.1) is 5.92 Å². The van der Waals surface area contributed by atoms with Gasteiger partial charge in [0.2, 0.25) is 5.91 Å². The van der Waals surface area contributed by atoms with E-state index in [4.69, 9.17) is 0 Å². The second kappa shape index (κ2) is 6.85. The predicted octanol–water partition coefficient (Wildman–Crippen LogP) is 3.41. The SMILES string of the molecule is CC(C)CC(=O)NCc1cccc(-c2ccncc2)c1. The molecule has 0 bridgehead atoms. The molecule has 0 fully saturated rings. The molecule has 1 aromatic heterocycles. The molecule has 1 heterocycles. The maximum Gasteiger partial charge on any atom is 0.220 e. The average molecular weight is 268 g/mol. The lowest BCUT2D eigenvalue weighted by Crippen LogP contribution is -2.23. The molecule has 3 nitrogen and oxygen atoms in total. The maximum atomic E-state index is 11.7. The monoisotopic (exact) mass is 268 g/mol. The minimum absolute atomic E-state index is 0.106. The van der Waals surface area contributed by atoms with Gasteiger partial charge >= 0.3 is 0 Å². The van der Waals surface area contributed by atoms with Gasteiger partial charge in [-0.3, -0.25) is 9.78 Å². The molecular formula is C17H20N2O. The van der Waals surface area contributed by atoms with E-state index in [1.807, 2.05) is 38.1 Å². The van der Waals surface area contributed by atoms with Crippen LogP contribution in [0.15, 0.2) is 48.8 Å². The Morgan fingerprint density at radius 2 is 1.90 bits per heavy atom. The van der Waals surface area contributed by atoms with Gasteiger partial charge < -0.3 is 5.32 Å². The van der Waals surface area contributed by atoms with Crippen LogP contribution in [-0.4, -0.2) is 10.9 Å². The molecule has 0 saturated carbocycles. The van der Waals surface area contributed by atoms with Crippen LogP contribution in [0.25, 0.3) is 11.1 Å². The van der Waals surface area contributed by atoms with E-state index in [2.05, 4.69) is 22.4 Å². The number of rotatable bonds is 5. The highest BCUT2D eigenvalue weighted by Crippen LogP contribution is 2.19. The molecule has 2 rings (SSSR count). The van der Waals surface area contributed by atoms with E-state index in [0.29, 0.717) is 18.9 Å². The summed E-state index contributed by atoms with van der Waals surface area (Å²) in [4.78, 5) is 15.7. The Morgan fingerprint density at radius 1 is 1.15 bits per heavy atom. The maximum absolute atomic E-state index is 11.7. The molecule has 2 aromatic rings. The number of amides is 1. The third-order valence-electron chi connectivity index (χ3n) is 3.02. The van der Waals surface area contributed by atoms with Crippen molar-refractivity contribution in [1.29, 1.82) is 0 Å². The molecule has 0 atom stereocenters. The van der Waals surface area contributed by atoms with Gasteiger partial charge in [-0.25, -0.2) is 0 Å². The van der Waals surface area contributed by atoms with Crippen LogP contribution in [-0.2, 0) is 11.3 Å². The number of benzene rings is 1. The number of carbonyl (C=O) groups excluding carboxylic acids is 1. The molecule has 0 spiro atoms. The number of nitrogens with zero attached hydrogens (tertiary/aromatic N) is 1. The number of carbonyl (C=O) groups is 1. The third kappa shape index (κ3) is 4.19. The Hall–Kier alpha value is -2.16. The van der Waals surface area contributed by atoms with Crippen molar-refractivity contribution in [2.24, 2.45) is 5.92 Å². The van der Waals surface area contributed by atoms with Crippen molar-refractivity contribution in [3.8, 4) is 11.1 Å². The number of nitrogens with one attached hydrogen (secondary N) is 1. The first kappa shape index (κ1) is 14.3. The lowest BCUT2D eigenvalue weighted by atomic mass is 10.0. The topological polar surface area (TPSA) is 42.0 Å². The summed E-state index contributed by atoms with van der Waals surface area (Å²) >= 11 is 0. The molecule has 0 aliphatic rings. The number of aromatic nitrogens is 1. The molecular weight excluding hydrogens is 248 g/mol. The van der Waals surface area contributed by atoms with E-state index in [9.17, 15) is 4.79 Å². The van der Waals surface area contributed by atoms with Gasteiger partial charge in [-0.05, 0) is 40.8 Å². The molecule has 0 radical (unpaired) electrons. The number of pyridine rings is 1. The van der Waals surface area contributed by atoms with Gasteiger partial charge in [-0.2, -0.15) is 0 Å². The highest BCUT2D eigenvalue weighted by molar-refractivity contribution is 5.76. The standard InChI is InChI=1S/C17H20N2O/c1-13(2)10-17(20)19-12-14-4-3-5-16(11-14)15-6-8-18-9-7-15/h3-9,11,13H,10,12H2,1-2H3,(H,19,20). The summed E-state index contributed by atoms with van der Waals surface area (Å²) in [5.74, 6) is 0.493. The Balaban J connectivity index is 2.02. The van der Waals surface area contributed by atoms with Crippen LogP contribution in [0.2, 0.25) is 0 Å². The molecule has 1 N–H and O–H groups in total. The fourth-order valence-electron chi connectivity index (χ4n) is 2.05. The third-order valence-corrected chi connectivity index (χ3v) is 3.02. The summed E-state index contributed by atoms with van der Waals surface area (Å²) in [5.41, 5.74) is 3.38. The van der Waals surface area contributed by atoms with Crippen LogP contribution < -0.4 is 5.32 Å². The van der Waals surface area contributed by atoms with Gasteiger partial charge in [0.05, 0.1) is 0 Å². The lowest BCUT2D eigenvalue weighted by Gasteiger charge is -2.08.